The summed E-state index contributed by atoms with van der Waals surface area (Å²) in [6.07, 6.45) is 0. The van der Waals surface area contributed by atoms with Crippen LogP contribution in [0.2, 0.25) is 13.1 Å². The standard InChI is InChI=1S/C19H23O2Si/c1-19(2,3)15-10-11-17-18(14(15)12-20-22(4)5)13-8-6-7-9-16(13)21-17/h6-11H,12H2,1-5H3. The Hall–Kier alpha value is -1.58. The van der Waals surface area contributed by atoms with E-state index in [9.17, 15) is 0 Å². The van der Waals surface area contributed by atoms with Gasteiger partial charge in [-0.25, -0.2) is 0 Å². The summed E-state index contributed by atoms with van der Waals surface area (Å²) < 4.78 is 12.1. The summed E-state index contributed by atoms with van der Waals surface area (Å²) in [7, 11) is -0.728. The zero-order chi connectivity index (χ0) is 15.9. The van der Waals surface area contributed by atoms with E-state index < -0.39 is 9.04 Å². The van der Waals surface area contributed by atoms with Gasteiger partial charge < -0.3 is 8.84 Å². The highest BCUT2D eigenvalue weighted by Crippen LogP contribution is 2.37. The van der Waals surface area contributed by atoms with Crippen molar-refractivity contribution in [3.63, 3.8) is 0 Å². The summed E-state index contributed by atoms with van der Waals surface area (Å²) in [4.78, 5) is 0. The summed E-state index contributed by atoms with van der Waals surface area (Å²) in [5.41, 5.74) is 4.60. The molecular formula is C19H23O2Si. The highest BCUT2D eigenvalue weighted by atomic mass is 28.3. The average Bonchev–Trinajstić information content (AvgIpc) is 2.82. The molecule has 0 saturated heterocycles. The van der Waals surface area contributed by atoms with Crippen LogP contribution in [0.3, 0.4) is 0 Å². The number of hydrogen-bond donors (Lipinski definition) is 0. The Labute approximate surface area is 133 Å². The normalized spacial score (nSPS) is 12.6. The van der Waals surface area contributed by atoms with Gasteiger partial charge in [0.15, 0.2) is 0 Å². The van der Waals surface area contributed by atoms with Crippen LogP contribution in [-0.4, -0.2) is 9.04 Å². The van der Waals surface area contributed by atoms with Crippen LogP contribution in [0, 0.1) is 0 Å². The maximum Gasteiger partial charge on any atom is 0.205 e. The van der Waals surface area contributed by atoms with Crippen molar-refractivity contribution in [2.75, 3.05) is 0 Å². The van der Waals surface area contributed by atoms with Crippen molar-refractivity contribution in [2.45, 2.75) is 45.9 Å². The summed E-state index contributed by atoms with van der Waals surface area (Å²) in [6, 6.07) is 12.6. The Morgan fingerprint density at radius 3 is 2.41 bits per heavy atom. The zero-order valence-electron chi connectivity index (χ0n) is 14.0. The van der Waals surface area contributed by atoms with E-state index in [2.05, 4.69) is 58.1 Å². The summed E-state index contributed by atoms with van der Waals surface area (Å²) in [6.45, 7) is 11.8. The molecule has 0 bridgehead atoms. The molecule has 115 valence electrons. The van der Waals surface area contributed by atoms with E-state index in [0.717, 1.165) is 11.2 Å². The van der Waals surface area contributed by atoms with E-state index in [-0.39, 0.29) is 5.41 Å². The summed E-state index contributed by atoms with van der Waals surface area (Å²) in [5, 5.41) is 2.40. The van der Waals surface area contributed by atoms with Gasteiger partial charge >= 0.3 is 0 Å². The Morgan fingerprint density at radius 2 is 1.73 bits per heavy atom. The van der Waals surface area contributed by atoms with Crippen LogP contribution in [0.1, 0.15) is 31.9 Å². The van der Waals surface area contributed by atoms with Crippen molar-refractivity contribution in [3.8, 4) is 0 Å². The molecule has 0 atom stereocenters. The first-order valence-electron chi connectivity index (χ1n) is 7.74. The van der Waals surface area contributed by atoms with Crippen molar-refractivity contribution < 1.29 is 8.84 Å². The molecule has 2 nitrogen and oxygen atoms in total. The van der Waals surface area contributed by atoms with Crippen molar-refractivity contribution in [1.82, 2.24) is 0 Å². The Morgan fingerprint density at radius 1 is 1.00 bits per heavy atom. The van der Waals surface area contributed by atoms with Crippen LogP contribution in [0.5, 0.6) is 0 Å². The second kappa shape index (κ2) is 5.56. The van der Waals surface area contributed by atoms with Crippen LogP contribution in [-0.2, 0) is 16.4 Å². The second-order valence-corrected chi connectivity index (χ2v) is 9.12. The van der Waals surface area contributed by atoms with E-state index in [1.165, 1.54) is 21.9 Å². The molecule has 1 aromatic heterocycles. The molecule has 3 heteroatoms. The topological polar surface area (TPSA) is 22.4 Å². The van der Waals surface area contributed by atoms with Gasteiger partial charge in [0.25, 0.3) is 0 Å². The third-order valence-electron chi connectivity index (χ3n) is 3.96. The molecule has 0 unspecified atom stereocenters. The Kier molecular flexibility index (Phi) is 3.87. The number of benzene rings is 2. The molecule has 0 aliphatic rings. The minimum Gasteiger partial charge on any atom is -0.456 e. The molecule has 1 radical (unpaired) electrons. The summed E-state index contributed by atoms with van der Waals surface area (Å²) in [5.74, 6) is 0. The third kappa shape index (κ3) is 2.71. The van der Waals surface area contributed by atoms with Crippen LogP contribution >= 0.6 is 0 Å². The van der Waals surface area contributed by atoms with Gasteiger partial charge in [0, 0.05) is 10.8 Å². The number of furan rings is 1. The quantitative estimate of drug-likeness (QED) is 0.583. The second-order valence-electron chi connectivity index (χ2n) is 7.01. The molecule has 3 rings (SSSR count). The number of hydrogen-bond acceptors (Lipinski definition) is 2. The SMILES string of the molecule is C[Si](C)OCc1c(C(C)(C)C)ccc2oc3ccccc3c12. The van der Waals surface area contributed by atoms with Gasteiger partial charge in [-0.1, -0.05) is 45.0 Å². The fraction of sp³-hybridized carbons (Fsp3) is 0.368. The third-order valence-corrected chi connectivity index (χ3v) is 4.69. The number of fused-ring (bicyclic) bond motifs is 3. The molecule has 0 spiro atoms. The molecule has 22 heavy (non-hydrogen) atoms. The molecule has 3 aromatic rings. The fourth-order valence-corrected chi connectivity index (χ4v) is 3.39. The van der Waals surface area contributed by atoms with Crippen molar-refractivity contribution in [3.05, 3.63) is 47.5 Å². The predicted molar refractivity (Wildman–Crippen MR) is 94.7 cm³/mol. The molecule has 0 aliphatic carbocycles. The Bertz CT molecular complexity index is 809. The lowest BCUT2D eigenvalue weighted by molar-refractivity contribution is 0.312. The van der Waals surface area contributed by atoms with Gasteiger partial charge in [-0.2, -0.15) is 0 Å². The Balaban J connectivity index is 2.31. The van der Waals surface area contributed by atoms with Gasteiger partial charge in [0.2, 0.25) is 9.04 Å². The number of rotatable bonds is 3. The predicted octanol–water partition coefficient (Wildman–Crippen LogP) is 5.65. The van der Waals surface area contributed by atoms with Crippen LogP contribution in [0.25, 0.3) is 21.9 Å². The van der Waals surface area contributed by atoms with Crippen LogP contribution < -0.4 is 0 Å². The lowest BCUT2D eigenvalue weighted by atomic mass is 9.82. The van der Waals surface area contributed by atoms with Crippen molar-refractivity contribution >= 4 is 31.0 Å². The van der Waals surface area contributed by atoms with Crippen LogP contribution in [0.15, 0.2) is 40.8 Å². The lowest BCUT2D eigenvalue weighted by Crippen LogP contribution is -2.16. The van der Waals surface area contributed by atoms with E-state index in [0.29, 0.717) is 6.61 Å². The molecule has 0 N–H and O–H groups in total. The molecule has 2 aromatic carbocycles. The van der Waals surface area contributed by atoms with E-state index in [1.807, 2.05) is 12.1 Å². The lowest BCUT2D eigenvalue weighted by Gasteiger charge is -2.24. The van der Waals surface area contributed by atoms with Gasteiger partial charge in [0.1, 0.15) is 11.2 Å². The van der Waals surface area contributed by atoms with Gasteiger partial charge in [-0.05, 0) is 41.8 Å². The molecule has 1 heterocycles. The minimum absolute atomic E-state index is 0.0830. The molecule has 0 amide bonds. The molecule has 0 aliphatic heterocycles. The van der Waals surface area contributed by atoms with Crippen molar-refractivity contribution in [2.24, 2.45) is 0 Å². The highest BCUT2D eigenvalue weighted by molar-refractivity contribution is 6.48. The van der Waals surface area contributed by atoms with Crippen molar-refractivity contribution in [1.29, 1.82) is 0 Å². The first-order valence-corrected chi connectivity index (χ1v) is 10.2. The fourth-order valence-electron chi connectivity index (χ4n) is 2.96. The first kappa shape index (κ1) is 15.3. The van der Waals surface area contributed by atoms with Crippen LogP contribution in [0.4, 0.5) is 0 Å². The van der Waals surface area contributed by atoms with E-state index in [1.54, 1.807) is 0 Å². The average molecular weight is 311 g/mol. The zero-order valence-corrected chi connectivity index (χ0v) is 15.0. The smallest absolute Gasteiger partial charge is 0.205 e. The van der Waals surface area contributed by atoms with Gasteiger partial charge in [-0.3, -0.25) is 0 Å². The first-order chi connectivity index (χ1) is 10.4. The minimum atomic E-state index is -0.728. The maximum absolute atomic E-state index is 6.05. The largest absolute Gasteiger partial charge is 0.456 e. The molecule has 0 fully saturated rings. The molecule has 0 saturated carbocycles. The molecular weight excluding hydrogens is 288 g/mol. The van der Waals surface area contributed by atoms with Gasteiger partial charge in [0.05, 0.1) is 6.61 Å². The number of para-hydroxylation sites is 1. The highest BCUT2D eigenvalue weighted by Gasteiger charge is 2.22. The summed E-state index contributed by atoms with van der Waals surface area (Å²) >= 11 is 0. The van der Waals surface area contributed by atoms with E-state index >= 15 is 0 Å². The van der Waals surface area contributed by atoms with E-state index in [4.69, 9.17) is 8.84 Å². The van der Waals surface area contributed by atoms with Gasteiger partial charge in [-0.15, -0.1) is 0 Å². The maximum atomic E-state index is 6.05. The monoisotopic (exact) mass is 311 g/mol.